The van der Waals surface area contributed by atoms with Crippen LogP contribution in [-0.4, -0.2) is 21.2 Å². The Kier molecular flexibility index (Phi) is 7.14. The lowest BCUT2D eigenvalue weighted by Crippen LogP contribution is -2.52. The summed E-state index contributed by atoms with van der Waals surface area (Å²) in [4.78, 5) is 12.4. The average molecular weight is 369 g/mol. The molecule has 7 heteroatoms. The number of benzene rings is 1. The van der Waals surface area contributed by atoms with Crippen LogP contribution in [0.15, 0.2) is 30.5 Å². The van der Waals surface area contributed by atoms with Gasteiger partial charge in [0.05, 0.1) is 23.5 Å². The number of hydrogen-bond donors (Lipinski definition) is 2. The number of nitrogens with two attached hydrogens (primary N) is 1. The van der Waals surface area contributed by atoms with Crippen LogP contribution < -0.4 is 11.1 Å². The fourth-order valence-corrected chi connectivity index (χ4v) is 2.76. The predicted molar refractivity (Wildman–Crippen MR) is 99.6 cm³/mol. The van der Waals surface area contributed by atoms with Crippen LogP contribution in [0.1, 0.15) is 50.9 Å². The van der Waals surface area contributed by atoms with Gasteiger partial charge in [0.15, 0.2) is 0 Å². The van der Waals surface area contributed by atoms with Crippen molar-refractivity contribution in [2.75, 3.05) is 0 Å². The lowest BCUT2D eigenvalue weighted by molar-refractivity contribution is -0.126. The molecule has 0 aliphatic carbocycles. The third-order valence-electron chi connectivity index (χ3n) is 4.22. The molecule has 0 saturated carbocycles. The van der Waals surface area contributed by atoms with E-state index in [0.29, 0.717) is 6.42 Å². The minimum absolute atomic E-state index is 0. The molecule has 0 spiro atoms. The molecule has 3 N–H and O–H groups in total. The van der Waals surface area contributed by atoms with Gasteiger partial charge in [-0.1, -0.05) is 13.3 Å². The quantitative estimate of drug-likeness (QED) is 0.820. The highest BCUT2D eigenvalue weighted by molar-refractivity contribution is 5.86. The molecule has 1 amide bonds. The third kappa shape index (κ3) is 4.80. The van der Waals surface area contributed by atoms with Crippen LogP contribution in [0.25, 0.3) is 5.69 Å². The fraction of sp³-hybridized carbons (Fsp3) is 0.444. The standard InChI is InChI=1S/C18H25FN4O.ClH/c1-5-10-18(4,20)17(24)22-12(2)16-11-21-23(13(16)3)15-8-6-14(19)7-9-15;/h6-9,11-12H,5,10,20H2,1-4H3,(H,22,24);1H. The molecule has 5 nitrogen and oxygen atoms in total. The molecule has 0 fully saturated rings. The number of aromatic nitrogens is 2. The largest absolute Gasteiger partial charge is 0.348 e. The van der Waals surface area contributed by atoms with Crippen molar-refractivity contribution in [3.63, 3.8) is 0 Å². The highest BCUT2D eigenvalue weighted by Crippen LogP contribution is 2.21. The van der Waals surface area contributed by atoms with Crippen LogP contribution in [-0.2, 0) is 4.79 Å². The molecule has 0 saturated heterocycles. The Balaban J connectivity index is 0.00000312. The minimum atomic E-state index is -0.885. The summed E-state index contributed by atoms with van der Waals surface area (Å²) in [7, 11) is 0. The Labute approximate surface area is 154 Å². The first-order valence-electron chi connectivity index (χ1n) is 8.16. The van der Waals surface area contributed by atoms with Gasteiger partial charge >= 0.3 is 0 Å². The van der Waals surface area contributed by atoms with E-state index < -0.39 is 5.54 Å². The Bertz CT molecular complexity index is 712. The van der Waals surface area contributed by atoms with Crippen LogP contribution in [0.3, 0.4) is 0 Å². The van der Waals surface area contributed by atoms with E-state index in [0.717, 1.165) is 23.4 Å². The molecule has 138 valence electrons. The fourth-order valence-electron chi connectivity index (χ4n) is 2.76. The SMILES string of the molecule is CCCC(C)(N)C(=O)NC(C)c1cnn(-c2ccc(F)cc2)c1C.Cl. The molecular weight excluding hydrogens is 343 g/mol. The molecule has 1 aromatic heterocycles. The van der Waals surface area contributed by atoms with Crippen LogP contribution in [0.2, 0.25) is 0 Å². The number of carbonyl (C=O) groups excluding carboxylic acids is 1. The maximum Gasteiger partial charge on any atom is 0.240 e. The van der Waals surface area contributed by atoms with Gasteiger partial charge in [0.2, 0.25) is 5.91 Å². The zero-order chi connectivity index (χ0) is 17.9. The second-order valence-corrected chi connectivity index (χ2v) is 6.44. The molecule has 0 bridgehead atoms. The summed E-state index contributed by atoms with van der Waals surface area (Å²) in [6, 6.07) is 5.91. The van der Waals surface area contributed by atoms with E-state index >= 15 is 0 Å². The van der Waals surface area contributed by atoms with Gasteiger partial charge in [-0.05, 0) is 51.5 Å². The monoisotopic (exact) mass is 368 g/mol. The molecule has 1 aromatic carbocycles. The Hall–Kier alpha value is -1.92. The van der Waals surface area contributed by atoms with E-state index in [-0.39, 0.29) is 30.2 Å². The van der Waals surface area contributed by atoms with Gasteiger partial charge in [0.1, 0.15) is 5.82 Å². The van der Waals surface area contributed by atoms with Crippen LogP contribution >= 0.6 is 12.4 Å². The molecule has 25 heavy (non-hydrogen) atoms. The molecule has 2 aromatic rings. The highest BCUT2D eigenvalue weighted by atomic mass is 35.5. The summed E-state index contributed by atoms with van der Waals surface area (Å²) in [5, 5.41) is 7.31. The smallest absolute Gasteiger partial charge is 0.240 e. The zero-order valence-electron chi connectivity index (χ0n) is 15.0. The number of rotatable bonds is 6. The van der Waals surface area contributed by atoms with Crippen LogP contribution in [0.4, 0.5) is 4.39 Å². The second-order valence-electron chi connectivity index (χ2n) is 6.44. The molecule has 2 unspecified atom stereocenters. The highest BCUT2D eigenvalue weighted by Gasteiger charge is 2.29. The summed E-state index contributed by atoms with van der Waals surface area (Å²) in [6.45, 7) is 7.56. The minimum Gasteiger partial charge on any atom is -0.348 e. The molecule has 2 atom stereocenters. The van der Waals surface area contributed by atoms with E-state index in [1.54, 1.807) is 29.9 Å². The van der Waals surface area contributed by atoms with Gasteiger partial charge in [-0.25, -0.2) is 9.07 Å². The number of nitrogens with one attached hydrogen (secondary N) is 1. The summed E-state index contributed by atoms with van der Waals surface area (Å²) < 4.78 is 14.8. The number of carbonyl (C=O) groups is 1. The Morgan fingerprint density at radius 1 is 1.40 bits per heavy atom. The molecular formula is C18H26ClFN4O. The van der Waals surface area contributed by atoms with Crippen molar-refractivity contribution in [3.05, 3.63) is 47.5 Å². The van der Waals surface area contributed by atoms with E-state index in [1.807, 2.05) is 20.8 Å². The Morgan fingerprint density at radius 3 is 2.56 bits per heavy atom. The molecule has 1 heterocycles. The maximum absolute atomic E-state index is 13.1. The predicted octanol–water partition coefficient (Wildman–Crippen LogP) is 3.44. The normalized spacial score (nSPS) is 14.3. The molecule has 2 rings (SSSR count). The number of nitrogens with zero attached hydrogens (tertiary/aromatic N) is 2. The van der Waals surface area contributed by atoms with Crippen molar-refractivity contribution in [2.24, 2.45) is 5.73 Å². The topological polar surface area (TPSA) is 72.9 Å². The first-order valence-corrected chi connectivity index (χ1v) is 8.16. The van der Waals surface area contributed by atoms with Crippen molar-refractivity contribution in [3.8, 4) is 5.69 Å². The number of halogens is 2. The average Bonchev–Trinajstić information content (AvgIpc) is 2.89. The summed E-state index contributed by atoms with van der Waals surface area (Å²) in [5.74, 6) is -0.464. The van der Waals surface area contributed by atoms with Gasteiger partial charge in [-0.2, -0.15) is 5.10 Å². The maximum atomic E-state index is 13.1. The summed E-state index contributed by atoms with van der Waals surface area (Å²) in [5.41, 5.74) is 7.76. The van der Waals surface area contributed by atoms with Gasteiger partial charge in [0, 0.05) is 11.3 Å². The van der Waals surface area contributed by atoms with Gasteiger partial charge < -0.3 is 11.1 Å². The second kappa shape index (κ2) is 8.45. The summed E-state index contributed by atoms with van der Waals surface area (Å²) in [6.07, 6.45) is 3.19. The number of amides is 1. The Morgan fingerprint density at radius 2 is 2.00 bits per heavy atom. The zero-order valence-corrected chi connectivity index (χ0v) is 15.9. The summed E-state index contributed by atoms with van der Waals surface area (Å²) >= 11 is 0. The first-order chi connectivity index (χ1) is 11.3. The van der Waals surface area contributed by atoms with Crippen LogP contribution in [0.5, 0.6) is 0 Å². The van der Waals surface area contributed by atoms with Crippen LogP contribution in [0, 0.1) is 12.7 Å². The van der Waals surface area contributed by atoms with Gasteiger partial charge in [-0.15, -0.1) is 12.4 Å². The van der Waals surface area contributed by atoms with Crippen molar-refractivity contribution in [1.29, 1.82) is 0 Å². The molecule has 0 aliphatic rings. The van der Waals surface area contributed by atoms with E-state index in [9.17, 15) is 9.18 Å². The molecule has 0 radical (unpaired) electrons. The molecule has 0 aliphatic heterocycles. The van der Waals surface area contributed by atoms with Gasteiger partial charge in [-0.3, -0.25) is 4.79 Å². The van der Waals surface area contributed by atoms with Crippen molar-refractivity contribution in [2.45, 2.75) is 52.1 Å². The van der Waals surface area contributed by atoms with E-state index in [4.69, 9.17) is 5.73 Å². The lowest BCUT2D eigenvalue weighted by Gasteiger charge is -2.25. The number of hydrogen-bond acceptors (Lipinski definition) is 3. The van der Waals surface area contributed by atoms with Gasteiger partial charge in [0.25, 0.3) is 0 Å². The first kappa shape index (κ1) is 21.1. The van der Waals surface area contributed by atoms with E-state index in [2.05, 4.69) is 10.4 Å². The third-order valence-corrected chi connectivity index (χ3v) is 4.22. The lowest BCUT2D eigenvalue weighted by atomic mass is 9.95. The van der Waals surface area contributed by atoms with Crippen molar-refractivity contribution >= 4 is 18.3 Å². The van der Waals surface area contributed by atoms with Crippen molar-refractivity contribution in [1.82, 2.24) is 15.1 Å². The van der Waals surface area contributed by atoms with Crippen molar-refractivity contribution < 1.29 is 9.18 Å². The van der Waals surface area contributed by atoms with E-state index in [1.165, 1.54) is 12.1 Å².